The Hall–Kier alpha value is -3.90. The monoisotopic (exact) mass is 583 g/mol. The number of piperazine rings is 1. The van der Waals surface area contributed by atoms with E-state index in [0.29, 0.717) is 31.0 Å². The molecule has 6 rings (SSSR count). The Morgan fingerprint density at radius 3 is 2.67 bits per heavy atom. The van der Waals surface area contributed by atoms with Crippen LogP contribution in [0, 0.1) is 11.3 Å². The molecule has 1 aliphatic carbocycles. The fourth-order valence-corrected chi connectivity index (χ4v) is 5.56. The van der Waals surface area contributed by atoms with Crippen LogP contribution in [-0.4, -0.2) is 99.0 Å². The van der Waals surface area contributed by atoms with Crippen molar-refractivity contribution in [1.82, 2.24) is 19.8 Å². The van der Waals surface area contributed by atoms with Gasteiger partial charge in [0.05, 0.1) is 19.3 Å². The Labute approximate surface area is 243 Å². The SMILES string of the molecule is COCCOc1cc(NC(=O)N2c3nc(C(OC)OC)c(CN4CCN(C)CC4=O)cc3C3(F)CC2C3)ncc1C#N. The van der Waals surface area contributed by atoms with E-state index in [1.165, 1.54) is 38.5 Å². The molecule has 224 valence electrons. The summed E-state index contributed by atoms with van der Waals surface area (Å²) in [6.45, 7) is 2.24. The molecule has 3 aliphatic heterocycles. The van der Waals surface area contributed by atoms with Gasteiger partial charge in [0.1, 0.15) is 47.0 Å². The average Bonchev–Trinajstić information content (AvgIpc) is 2.95. The van der Waals surface area contributed by atoms with Crippen molar-refractivity contribution in [3.8, 4) is 11.8 Å². The number of nitrogens with zero attached hydrogens (tertiary/aromatic N) is 6. The van der Waals surface area contributed by atoms with Crippen LogP contribution in [-0.2, 0) is 31.2 Å². The lowest BCUT2D eigenvalue weighted by Gasteiger charge is -2.52. The molecule has 3 amide bonds. The number of carbonyl (C=O) groups excluding carboxylic acids is 2. The average molecular weight is 584 g/mol. The second-order valence-electron chi connectivity index (χ2n) is 10.6. The maximum absolute atomic E-state index is 16.0. The van der Waals surface area contributed by atoms with Gasteiger partial charge in [-0.3, -0.25) is 19.9 Å². The molecule has 2 bridgehead atoms. The molecule has 13 nitrogen and oxygen atoms in total. The summed E-state index contributed by atoms with van der Waals surface area (Å²) in [6, 6.07) is 4.17. The van der Waals surface area contributed by atoms with Crippen molar-refractivity contribution >= 4 is 23.6 Å². The smallest absolute Gasteiger partial charge is 0.328 e. The number of halogens is 1. The van der Waals surface area contributed by atoms with E-state index in [-0.39, 0.29) is 67.0 Å². The van der Waals surface area contributed by atoms with E-state index in [1.807, 2.05) is 18.0 Å². The van der Waals surface area contributed by atoms with Crippen molar-refractivity contribution in [1.29, 1.82) is 5.26 Å². The number of hydrogen-bond acceptors (Lipinski definition) is 10. The van der Waals surface area contributed by atoms with Crippen molar-refractivity contribution in [3.63, 3.8) is 0 Å². The lowest BCUT2D eigenvalue weighted by atomic mass is 9.68. The highest BCUT2D eigenvalue weighted by Crippen LogP contribution is 2.56. The summed E-state index contributed by atoms with van der Waals surface area (Å²) in [5, 5.41) is 12.1. The first-order valence-corrected chi connectivity index (χ1v) is 13.6. The first-order valence-electron chi connectivity index (χ1n) is 13.6. The quantitative estimate of drug-likeness (QED) is 0.327. The van der Waals surface area contributed by atoms with Crippen molar-refractivity contribution in [2.45, 2.75) is 37.4 Å². The number of urea groups is 1. The zero-order chi connectivity index (χ0) is 30.0. The Balaban J connectivity index is 1.47. The second kappa shape index (κ2) is 12.1. The van der Waals surface area contributed by atoms with Crippen LogP contribution in [0.2, 0.25) is 0 Å². The Morgan fingerprint density at radius 1 is 1.24 bits per heavy atom. The van der Waals surface area contributed by atoms with Crippen molar-refractivity contribution in [2.24, 2.45) is 0 Å². The molecule has 2 aromatic rings. The van der Waals surface area contributed by atoms with E-state index in [0.717, 1.165) is 0 Å². The number of ether oxygens (including phenoxy) is 4. The summed E-state index contributed by atoms with van der Waals surface area (Å²) < 4.78 is 37.7. The first-order chi connectivity index (χ1) is 20.2. The van der Waals surface area contributed by atoms with Crippen LogP contribution in [0.4, 0.5) is 20.8 Å². The number of nitriles is 1. The molecule has 1 saturated carbocycles. The molecule has 1 N–H and O–H groups in total. The summed E-state index contributed by atoms with van der Waals surface area (Å²) >= 11 is 0. The minimum Gasteiger partial charge on any atom is -0.490 e. The van der Waals surface area contributed by atoms with E-state index in [1.54, 1.807) is 11.0 Å². The van der Waals surface area contributed by atoms with E-state index in [4.69, 9.17) is 23.9 Å². The van der Waals surface area contributed by atoms with Gasteiger partial charge in [0.2, 0.25) is 12.2 Å². The van der Waals surface area contributed by atoms with Crippen molar-refractivity contribution in [3.05, 3.63) is 40.7 Å². The van der Waals surface area contributed by atoms with Crippen molar-refractivity contribution in [2.75, 3.05) is 71.4 Å². The standard InChI is InChI=1S/C28H34FN7O6/c1-34-5-6-35(23(37)16-34)15-17-9-20-25(33-24(17)26(40-3)41-4)36(19-11-28(20,29)12-19)27(38)32-22-10-21(42-8-7-39-2)18(13-30)14-31-22/h9-10,14,19,26H,5-8,11-12,15-16H2,1-4H3,(H,31,32,38). The van der Waals surface area contributed by atoms with Gasteiger partial charge in [0.25, 0.3) is 0 Å². The van der Waals surface area contributed by atoms with Gasteiger partial charge >= 0.3 is 6.03 Å². The number of carbonyl (C=O) groups is 2. The predicted molar refractivity (Wildman–Crippen MR) is 148 cm³/mol. The molecule has 0 spiro atoms. The lowest BCUT2D eigenvalue weighted by Crippen LogP contribution is -2.60. The summed E-state index contributed by atoms with van der Waals surface area (Å²) in [6.07, 6.45) is 0.636. The molecule has 2 aromatic heterocycles. The molecule has 2 fully saturated rings. The van der Waals surface area contributed by atoms with E-state index < -0.39 is 24.0 Å². The zero-order valence-electron chi connectivity index (χ0n) is 24.1. The van der Waals surface area contributed by atoms with Crippen LogP contribution in [0.15, 0.2) is 18.3 Å². The number of aromatic nitrogens is 2. The van der Waals surface area contributed by atoms with Crippen molar-refractivity contribution < 1.29 is 32.9 Å². The molecule has 4 aliphatic rings. The van der Waals surface area contributed by atoms with Crippen LogP contribution < -0.4 is 15.0 Å². The fraction of sp³-hybridized carbons (Fsp3) is 0.536. The van der Waals surface area contributed by atoms with Crippen LogP contribution in [0.25, 0.3) is 0 Å². The topological polar surface area (TPSA) is 142 Å². The lowest BCUT2D eigenvalue weighted by molar-refractivity contribution is -0.136. The van der Waals surface area contributed by atoms with E-state index in [9.17, 15) is 14.9 Å². The van der Waals surface area contributed by atoms with Gasteiger partial charge in [-0.15, -0.1) is 0 Å². The number of nitrogens with one attached hydrogen (secondary N) is 1. The highest BCUT2D eigenvalue weighted by atomic mass is 19.1. The molecular formula is C28H34FN7O6. The van der Waals surface area contributed by atoms with Crippen LogP contribution in [0.1, 0.15) is 41.5 Å². The summed E-state index contributed by atoms with van der Waals surface area (Å²) in [5.41, 5.74) is -0.207. The molecular weight excluding hydrogens is 549 g/mol. The minimum atomic E-state index is -1.64. The molecule has 1 saturated heterocycles. The number of anilines is 2. The van der Waals surface area contributed by atoms with Crippen LogP contribution >= 0.6 is 0 Å². The number of methoxy groups -OCH3 is 3. The zero-order valence-corrected chi connectivity index (χ0v) is 24.1. The molecule has 5 heterocycles. The van der Waals surface area contributed by atoms with Crippen LogP contribution in [0.5, 0.6) is 5.75 Å². The Bertz CT molecular complexity index is 1390. The number of hydrogen-bond donors (Lipinski definition) is 1. The molecule has 0 radical (unpaired) electrons. The van der Waals surface area contributed by atoms with Gasteiger partial charge in [0.15, 0.2) is 0 Å². The Kier molecular flexibility index (Phi) is 8.55. The van der Waals surface area contributed by atoms with E-state index in [2.05, 4.69) is 10.3 Å². The summed E-state index contributed by atoms with van der Waals surface area (Å²) in [7, 11) is 6.34. The van der Waals surface area contributed by atoms with Gasteiger partial charge in [-0.05, 0) is 18.7 Å². The number of amides is 3. The van der Waals surface area contributed by atoms with Gasteiger partial charge in [-0.1, -0.05) is 0 Å². The number of rotatable bonds is 10. The molecule has 0 unspecified atom stereocenters. The highest BCUT2D eigenvalue weighted by molar-refractivity contribution is 6.02. The maximum atomic E-state index is 16.0. The van der Waals surface area contributed by atoms with E-state index >= 15 is 4.39 Å². The number of alkyl halides is 1. The normalized spacial score (nSPS) is 21.5. The molecule has 0 aromatic carbocycles. The largest absolute Gasteiger partial charge is 0.490 e. The predicted octanol–water partition coefficient (Wildman–Crippen LogP) is 2.32. The molecule has 14 heteroatoms. The fourth-order valence-electron chi connectivity index (χ4n) is 5.56. The third-order valence-corrected chi connectivity index (χ3v) is 7.82. The van der Waals surface area contributed by atoms with Gasteiger partial charge in [-0.2, -0.15) is 5.26 Å². The van der Waals surface area contributed by atoms with Crippen LogP contribution in [0.3, 0.4) is 0 Å². The second-order valence-corrected chi connectivity index (χ2v) is 10.6. The van der Waals surface area contributed by atoms with Gasteiger partial charge < -0.3 is 23.8 Å². The number of likely N-dealkylation sites (N-methyl/N-ethyl adjacent to an activating group) is 1. The minimum absolute atomic E-state index is 0.0426. The maximum Gasteiger partial charge on any atom is 0.328 e. The number of pyridine rings is 2. The van der Waals surface area contributed by atoms with Gasteiger partial charge in [-0.25, -0.2) is 19.2 Å². The third kappa shape index (κ3) is 5.60. The van der Waals surface area contributed by atoms with Gasteiger partial charge in [0, 0.05) is 71.5 Å². The Morgan fingerprint density at radius 2 is 2.00 bits per heavy atom. The summed E-state index contributed by atoms with van der Waals surface area (Å²) in [4.78, 5) is 40.4. The molecule has 0 atom stereocenters. The molecule has 42 heavy (non-hydrogen) atoms. The highest BCUT2D eigenvalue weighted by Gasteiger charge is 2.57. The first kappa shape index (κ1) is 29.6. The summed E-state index contributed by atoms with van der Waals surface area (Å²) in [5.74, 6) is 0.516. The third-order valence-electron chi connectivity index (χ3n) is 7.82.